The van der Waals surface area contributed by atoms with E-state index in [-0.39, 0.29) is 5.91 Å². The van der Waals surface area contributed by atoms with Crippen LogP contribution in [-0.4, -0.2) is 21.1 Å². The van der Waals surface area contributed by atoms with Gasteiger partial charge in [-0.1, -0.05) is 30.3 Å². The molecular formula is C22H17N5O. The Morgan fingerprint density at radius 2 is 1.71 bits per heavy atom. The van der Waals surface area contributed by atoms with Gasteiger partial charge in [-0.15, -0.1) is 0 Å². The fourth-order valence-corrected chi connectivity index (χ4v) is 3.57. The molecule has 1 aliphatic rings. The Kier molecular flexibility index (Phi) is 3.87. The van der Waals surface area contributed by atoms with E-state index in [9.17, 15) is 4.79 Å². The molecule has 0 aliphatic carbocycles. The first-order chi connectivity index (χ1) is 13.8. The van der Waals surface area contributed by atoms with Gasteiger partial charge in [-0.05, 0) is 36.4 Å². The second-order valence-electron chi connectivity index (χ2n) is 6.55. The number of rotatable bonds is 3. The van der Waals surface area contributed by atoms with E-state index < -0.39 is 6.17 Å². The van der Waals surface area contributed by atoms with Gasteiger partial charge in [0.2, 0.25) is 0 Å². The van der Waals surface area contributed by atoms with Crippen molar-refractivity contribution >= 4 is 17.3 Å². The van der Waals surface area contributed by atoms with Gasteiger partial charge in [-0.25, -0.2) is 0 Å². The van der Waals surface area contributed by atoms with Gasteiger partial charge in [-0.3, -0.25) is 19.8 Å². The van der Waals surface area contributed by atoms with Gasteiger partial charge in [0.25, 0.3) is 5.91 Å². The van der Waals surface area contributed by atoms with Gasteiger partial charge < -0.3 is 5.32 Å². The molecule has 2 aromatic carbocycles. The first-order valence-electron chi connectivity index (χ1n) is 9.01. The Morgan fingerprint density at radius 3 is 2.54 bits per heavy atom. The fraction of sp³-hybridized carbons (Fsp3) is 0.0455. The maximum atomic E-state index is 13.4. The molecule has 1 amide bonds. The number of anilines is 2. The van der Waals surface area contributed by atoms with E-state index >= 15 is 0 Å². The molecule has 0 radical (unpaired) electrons. The third-order valence-corrected chi connectivity index (χ3v) is 4.87. The molecule has 4 aromatic rings. The number of carbonyl (C=O) groups excluding carboxylic acids is 1. The Bertz CT molecular complexity index is 1120. The van der Waals surface area contributed by atoms with Crippen LogP contribution in [0.3, 0.4) is 0 Å². The molecule has 6 heteroatoms. The first kappa shape index (κ1) is 16.3. The van der Waals surface area contributed by atoms with Gasteiger partial charge in [0.1, 0.15) is 6.17 Å². The molecule has 0 bridgehead atoms. The number of carbonyl (C=O) groups is 1. The van der Waals surface area contributed by atoms with Crippen molar-refractivity contribution in [1.82, 2.24) is 15.2 Å². The predicted octanol–water partition coefficient (Wildman–Crippen LogP) is 4.24. The molecule has 136 valence electrons. The lowest BCUT2D eigenvalue weighted by atomic mass is 10.0. The van der Waals surface area contributed by atoms with Crippen LogP contribution in [0.5, 0.6) is 0 Å². The number of hydrogen-bond acceptors (Lipinski definition) is 4. The van der Waals surface area contributed by atoms with Crippen LogP contribution >= 0.6 is 0 Å². The average Bonchev–Trinajstić information content (AvgIpc) is 3.25. The molecular weight excluding hydrogens is 350 g/mol. The number of H-pyrrole nitrogens is 1. The molecule has 0 saturated heterocycles. The Balaban J connectivity index is 1.68. The van der Waals surface area contributed by atoms with Crippen molar-refractivity contribution in [1.29, 1.82) is 0 Å². The highest BCUT2D eigenvalue weighted by atomic mass is 16.2. The van der Waals surface area contributed by atoms with Crippen molar-refractivity contribution in [2.75, 3.05) is 10.2 Å². The number of fused-ring (bicyclic) bond motifs is 1. The van der Waals surface area contributed by atoms with Gasteiger partial charge in [0.15, 0.2) is 0 Å². The third-order valence-electron chi connectivity index (χ3n) is 4.87. The number of nitrogens with one attached hydrogen (secondary N) is 2. The molecule has 0 saturated carbocycles. The lowest BCUT2D eigenvalue weighted by Crippen LogP contribution is -2.43. The molecule has 28 heavy (non-hydrogen) atoms. The summed E-state index contributed by atoms with van der Waals surface area (Å²) in [5.74, 6) is -0.0520. The lowest BCUT2D eigenvalue weighted by molar-refractivity contribution is 0.0975. The van der Waals surface area contributed by atoms with Crippen LogP contribution < -0.4 is 10.2 Å². The molecule has 1 atom stereocenters. The van der Waals surface area contributed by atoms with E-state index in [4.69, 9.17) is 0 Å². The zero-order valence-electron chi connectivity index (χ0n) is 14.9. The maximum absolute atomic E-state index is 13.4. The van der Waals surface area contributed by atoms with E-state index in [1.165, 1.54) is 0 Å². The summed E-state index contributed by atoms with van der Waals surface area (Å²) in [6, 6.07) is 21.1. The molecule has 2 aromatic heterocycles. The molecule has 3 heterocycles. The zero-order valence-corrected chi connectivity index (χ0v) is 14.9. The monoisotopic (exact) mass is 367 g/mol. The van der Waals surface area contributed by atoms with Crippen LogP contribution in [0.15, 0.2) is 85.3 Å². The fourth-order valence-electron chi connectivity index (χ4n) is 3.57. The van der Waals surface area contributed by atoms with E-state index in [0.29, 0.717) is 5.56 Å². The molecule has 0 spiro atoms. The zero-order chi connectivity index (χ0) is 18.9. The number of amides is 1. The molecule has 5 rings (SSSR count). The van der Waals surface area contributed by atoms with Crippen LogP contribution in [-0.2, 0) is 0 Å². The highest BCUT2D eigenvalue weighted by molar-refractivity contribution is 6.12. The normalized spacial score (nSPS) is 15.8. The number of aromatic amines is 1. The molecule has 1 aliphatic heterocycles. The molecule has 6 nitrogen and oxygen atoms in total. The van der Waals surface area contributed by atoms with Gasteiger partial charge in [0.05, 0.1) is 17.5 Å². The van der Waals surface area contributed by atoms with Crippen molar-refractivity contribution in [2.45, 2.75) is 6.17 Å². The minimum atomic E-state index is -0.404. The molecule has 0 fully saturated rings. The third kappa shape index (κ3) is 2.63. The summed E-state index contributed by atoms with van der Waals surface area (Å²) in [6.07, 6.45) is 4.87. The maximum Gasteiger partial charge on any atom is 0.262 e. The smallest absolute Gasteiger partial charge is 0.262 e. The summed E-state index contributed by atoms with van der Waals surface area (Å²) in [4.78, 5) is 19.4. The predicted molar refractivity (Wildman–Crippen MR) is 108 cm³/mol. The van der Waals surface area contributed by atoms with Crippen LogP contribution in [0.1, 0.15) is 22.1 Å². The largest absolute Gasteiger partial charge is 0.360 e. The first-order valence-corrected chi connectivity index (χ1v) is 9.01. The van der Waals surface area contributed by atoms with Gasteiger partial charge in [0, 0.05) is 34.9 Å². The van der Waals surface area contributed by atoms with E-state index in [2.05, 4.69) is 20.5 Å². The van der Waals surface area contributed by atoms with Crippen molar-refractivity contribution in [3.8, 4) is 11.3 Å². The SMILES string of the molecule is O=C1c2ccccc2N[C@H](c2cn[nH]c2-c2cccnc2)N1c1ccccc1. The van der Waals surface area contributed by atoms with E-state index in [0.717, 1.165) is 28.2 Å². The Morgan fingerprint density at radius 1 is 0.893 bits per heavy atom. The van der Waals surface area contributed by atoms with Crippen LogP contribution in [0.2, 0.25) is 0 Å². The Hall–Kier alpha value is -3.93. The summed E-state index contributed by atoms with van der Waals surface area (Å²) in [5, 5.41) is 10.8. The average molecular weight is 367 g/mol. The quantitative estimate of drug-likeness (QED) is 0.568. The summed E-state index contributed by atoms with van der Waals surface area (Å²) < 4.78 is 0. The minimum absolute atomic E-state index is 0.0520. The summed E-state index contributed by atoms with van der Waals surface area (Å²) >= 11 is 0. The highest BCUT2D eigenvalue weighted by Gasteiger charge is 2.35. The lowest BCUT2D eigenvalue weighted by Gasteiger charge is -2.38. The number of pyridine rings is 1. The summed E-state index contributed by atoms with van der Waals surface area (Å²) in [7, 11) is 0. The van der Waals surface area contributed by atoms with E-state index in [1.807, 2.05) is 66.7 Å². The summed E-state index contributed by atoms with van der Waals surface area (Å²) in [5.41, 5.74) is 4.89. The number of aromatic nitrogens is 3. The second-order valence-corrected chi connectivity index (χ2v) is 6.55. The summed E-state index contributed by atoms with van der Waals surface area (Å²) in [6.45, 7) is 0. The second kappa shape index (κ2) is 6.66. The van der Waals surface area contributed by atoms with Crippen LogP contribution in [0, 0.1) is 0 Å². The van der Waals surface area contributed by atoms with Crippen LogP contribution in [0.25, 0.3) is 11.3 Å². The topological polar surface area (TPSA) is 73.9 Å². The van der Waals surface area contributed by atoms with Crippen molar-refractivity contribution in [2.24, 2.45) is 0 Å². The van der Waals surface area contributed by atoms with Gasteiger partial charge in [-0.2, -0.15) is 5.10 Å². The van der Waals surface area contributed by atoms with Crippen molar-refractivity contribution < 1.29 is 4.79 Å². The Labute approximate surface area is 161 Å². The van der Waals surface area contributed by atoms with E-state index in [1.54, 1.807) is 23.5 Å². The molecule has 2 N–H and O–H groups in total. The van der Waals surface area contributed by atoms with Crippen LogP contribution in [0.4, 0.5) is 11.4 Å². The highest BCUT2D eigenvalue weighted by Crippen LogP contribution is 2.38. The minimum Gasteiger partial charge on any atom is -0.360 e. The van der Waals surface area contributed by atoms with Crippen molar-refractivity contribution in [3.63, 3.8) is 0 Å². The van der Waals surface area contributed by atoms with Gasteiger partial charge >= 0.3 is 0 Å². The molecule has 0 unspecified atom stereocenters. The standard InChI is InChI=1S/C22H17N5O/c28-22-17-10-4-5-11-19(17)25-21(27(22)16-8-2-1-3-9-16)18-14-24-26-20(18)15-7-6-12-23-13-15/h1-14,21,25H,(H,24,26)/t21-/m0/s1. The number of nitrogens with zero attached hydrogens (tertiary/aromatic N) is 3. The number of benzene rings is 2. The van der Waals surface area contributed by atoms with Crippen molar-refractivity contribution in [3.05, 3.63) is 96.4 Å². The number of para-hydroxylation sites is 2. The number of hydrogen-bond donors (Lipinski definition) is 2.